The van der Waals surface area contributed by atoms with Crippen molar-refractivity contribution in [3.05, 3.63) is 35.9 Å². The molecule has 1 fully saturated rings. The van der Waals surface area contributed by atoms with E-state index in [1.54, 1.807) is 0 Å². The van der Waals surface area contributed by atoms with Gasteiger partial charge in [0.25, 0.3) is 0 Å². The van der Waals surface area contributed by atoms with Gasteiger partial charge in [-0.15, -0.1) is 0 Å². The van der Waals surface area contributed by atoms with Gasteiger partial charge in [0.15, 0.2) is 0 Å². The Hall–Kier alpha value is -1.37. The van der Waals surface area contributed by atoms with E-state index in [9.17, 15) is 0 Å². The molecule has 17 heavy (non-hydrogen) atoms. The summed E-state index contributed by atoms with van der Waals surface area (Å²) in [5.41, 5.74) is 1.21. The van der Waals surface area contributed by atoms with Gasteiger partial charge in [0.1, 0.15) is 0 Å². The molecule has 0 saturated carbocycles. The molecule has 3 heteroatoms. The largest absolute Gasteiger partial charge is 0.380 e. The summed E-state index contributed by atoms with van der Waals surface area (Å²) < 4.78 is 5.42. The number of hydrogen-bond donors (Lipinski definition) is 0. The highest BCUT2D eigenvalue weighted by Crippen LogP contribution is 2.27. The number of likely N-dealkylation sites (N-methyl/N-ethyl adjacent to an activating group) is 1. The second-order valence-corrected chi connectivity index (χ2v) is 4.47. The first-order valence-corrected chi connectivity index (χ1v) is 6.04. The highest BCUT2D eigenvalue weighted by atomic mass is 16.5. The second-order valence-electron chi connectivity index (χ2n) is 4.47. The molecular weight excluding hydrogens is 212 g/mol. The summed E-state index contributed by atoms with van der Waals surface area (Å²) in [4.78, 5) is 2.28. The molecule has 1 aromatic carbocycles. The molecule has 90 valence electrons. The van der Waals surface area contributed by atoms with Crippen LogP contribution in [0.25, 0.3) is 0 Å². The molecule has 2 atom stereocenters. The van der Waals surface area contributed by atoms with Crippen LogP contribution in [-0.2, 0) is 4.74 Å². The lowest BCUT2D eigenvalue weighted by atomic mass is 10.0. The lowest BCUT2D eigenvalue weighted by Crippen LogP contribution is -2.35. The van der Waals surface area contributed by atoms with Crippen molar-refractivity contribution in [2.75, 3.05) is 20.3 Å². The Morgan fingerprint density at radius 1 is 1.47 bits per heavy atom. The highest BCUT2D eigenvalue weighted by Gasteiger charge is 2.26. The van der Waals surface area contributed by atoms with Crippen molar-refractivity contribution < 1.29 is 4.74 Å². The van der Waals surface area contributed by atoms with Gasteiger partial charge in [0.05, 0.1) is 19.1 Å². The predicted molar refractivity (Wildman–Crippen MR) is 66.4 cm³/mol. The van der Waals surface area contributed by atoms with E-state index in [0.29, 0.717) is 12.5 Å². The zero-order valence-electron chi connectivity index (χ0n) is 10.2. The van der Waals surface area contributed by atoms with Crippen molar-refractivity contribution >= 4 is 0 Å². The number of nitriles is 1. The van der Waals surface area contributed by atoms with Gasteiger partial charge in [-0.3, -0.25) is 4.90 Å². The summed E-state index contributed by atoms with van der Waals surface area (Å²) >= 11 is 0. The molecule has 0 N–H and O–H groups in total. The third-order valence-electron chi connectivity index (χ3n) is 3.44. The topological polar surface area (TPSA) is 36.3 Å². The SMILES string of the molecule is CN(C1CCOC1)C(CC#N)c1ccccc1. The van der Waals surface area contributed by atoms with Crippen molar-refractivity contribution in [1.29, 1.82) is 5.26 Å². The molecule has 0 radical (unpaired) electrons. The van der Waals surface area contributed by atoms with Crippen LogP contribution in [0.15, 0.2) is 30.3 Å². The Bertz CT molecular complexity index is 379. The normalized spacial score (nSPS) is 21.4. The van der Waals surface area contributed by atoms with E-state index >= 15 is 0 Å². The molecule has 1 heterocycles. The van der Waals surface area contributed by atoms with Crippen LogP contribution >= 0.6 is 0 Å². The van der Waals surface area contributed by atoms with E-state index in [1.165, 1.54) is 5.56 Å². The molecule has 1 saturated heterocycles. The average Bonchev–Trinajstić information content (AvgIpc) is 2.90. The molecule has 0 bridgehead atoms. The van der Waals surface area contributed by atoms with Crippen LogP contribution in [0.1, 0.15) is 24.4 Å². The maximum absolute atomic E-state index is 8.98. The first-order valence-electron chi connectivity index (χ1n) is 6.04. The van der Waals surface area contributed by atoms with Crippen molar-refractivity contribution in [1.82, 2.24) is 4.90 Å². The zero-order chi connectivity index (χ0) is 12.1. The smallest absolute Gasteiger partial charge is 0.0641 e. The Morgan fingerprint density at radius 2 is 2.24 bits per heavy atom. The minimum Gasteiger partial charge on any atom is -0.380 e. The van der Waals surface area contributed by atoms with Gasteiger partial charge in [-0.2, -0.15) is 5.26 Å². The van der Waals surface area contributed by atoms with E-state index in [0.717, 1.165) is 19.6 Å². The summed E-state index contributed by atoms with van der Waals surface area (Å²) in [7, 11) is 2.09. The van der Waals surface area contributed by atoms with E-state index in [4.69, 9.17) is 10.00 Å². The van der Waals surface area contributed by atoms with Crippen LogP contribution in [0.2, 0.25) is 0 Å². The van der Waals surface area contributed by atoms with E-state index in [1.807, 2.05) is 18.2 Å². The van der Waals surface area contributed by atoms with E-state index < -0.39 is 0 Å². The average molecular weight is 230 g/mol. The van der Waals surface area contributed by atoms with Gasteiger partial charge < -0.3 is 4.74 Å². The summed E-state index contributed by atoms with van der Waals surface area (Å²) in [5.74, 6) is 0. The van der Waals surface area contributed by atoms with Gasteiger partial charge in [-0.05, 0) is 19.0 Å². The maximum Gasteiger partial charge on any atom is 0.0641 e. The molecule has 2 unspecified atom stereocenters. The first kappa shape index (κ1) is 12.1. The van der Waals surface area contributed by atoms with E-state index in [2.05, 4.69) is 30.1 Å². The summed E-state index contributed by atoms with van der Waals surface area (Å²) in [5, 5.41) is 8.98. The number of ether oxygens (including phenoxy) is 1. The molecule has 1 aromatic rings. The number of nitrogens with zero attached hydrogens (tertiary/aromatic N) is 2. The van der Waals surface area contributed by atoms with Crippen molar-refractivity contribution in [3.8, 4) is 6.07 Å². The monoisotopic (exact) mass is 230 g/mol. The quantitative estimate of drug-likeness (QED) is 0.796. The molecule has 0 spiro atoms. The fourth-order valence-electron chi connectivity index (χ4n) is 2.36. The number of hydrogen-bond acceptors (Lipinski definition) is 3. The standard InChI is InChI=1S/C14H18N2O/c1-16(13-8-10-17-11-13)14(7-9-15)12-5-3-2-4-6-12/h2-6,13-14H,7-8,10-11H2,1H3. The molecule has 0 aromatic heterocycles. The Morgan fingerprint density at radius 3 is 2.82 bits per heavy atom. The van der Waals surface area contributed by atoms with Gasteiger partial charge in [-0.1, -0.05) is 30.3 Å². The highest BCUT2D eigenvalue weighted by molar-refractivity contribution is 5.20. The summed E-state index contributed by atoms with van der Waals surface area (Å²) in [6, 6.07) is 13.1. The van der Waals surface area contributed by atoms with Crippen LogP contribution < -0.4 is 0 Å². The van der Waals surface area contributed by atoms with E-state index in [-0.39, 0.29) is 6.04 Å². The fraction of sp³-hybridized carbons (Fsp3) is 0.500. The minimum absolute atomic E-state index is 0.174. The third kappa shape index (κ3) is 2.85. The molecule has 3 nitrogen and oxygen atoms in total. The van der Waals surface area contributed by atoms with Crippen molar-refractivity contribution in [2.24, 2.45) is 0 Å². The van der Waals surface area contributed by atoms with Crippen LogP contribution in [0.4, 0.5) is 0 Å². The third-order valence-corrected chi connectivity index (χ3v) is 3.44. The van der Waals surface area contributed by atoms with Crippen LogP contribution in [0.5, 0.6) is 0 Å². The van der Waals surface area contributed by atoms with Gasteiger partial charge in [-0.25, -0.2) is 0 Å². The van der Waals surface area contributed by atoms with Gasteiger partial charge in [0.2, 0.25) is 0 Å². The molecule has 1 aliphatic heterocycles. The van der Waals surface area contributed by atoms with Crippen molar-refractivity contribution in [2.45, 2.75) is 24.9 Å². The molecular formula is C14H18N2O. The van der Waals surface area contributed by atoms with Gasteiger partial charge in [0, 0.05) is 18.7 Å². The molecule has 0 amide bonds. The predicted octanol–water partition coefficient (Wildman–Crippen LogP) is 2.36. The zero-order valence-corrected chi connectivity index (χ0v) is 10.2. The molecule has 2 rings (SSSR count). The Kier molecular flexibility index (Phi) is 4.13. The van der Waals surface area contributed by atoms with Gasteiger partial charge >= 0.3 is 0 Å². The molecule has 0 aliphatic carbocycles. The van der Waals surface area contributed by atoms with Crippen LogP contribution in [-0.4, -0.2) is 31.2 Å². The molecule has 1 aliphatic rings. The minimum atomic E-state index is 0.174. The second kappa shape index (κ2) is 5.81. The summed E-state index contributed by atoms with van der Waals surface area (Å²) in [6.07, 6.45) is 1.59. The maximum atomic E-state index is 8.98. The summed E-state index contributed by atoms with van der Waals surface area (Å²) in [6.45, 7) is 1.62. The lowest BCUT2D eigenvalue weighted by Gasteiger charge is -2.31. The Labute approximate surface area is 103 Å². The van der Waals surface area contributed by atoms with Crippen LogP contribution in [0.3, 0.4) is 0 Å². The lowest BCUT2D eigenvalue weighted by molar-refractivity contribution is 0.133. The van der Waals surface area contributed by atoms with Crippen LogP contribution in [0, 0.1) is 11.3 Å². The number of rotatable bonds is 4. The number of benzene rings is 1. The van der Waals surface area contributed by atoms with Crippen molar-refractivity contribution in [3.63, 3.8) is 0 Å². The fourth-order valence-corrected chi connectivity index (χ4v) is 2.36. The first-order chi connectivity index (χ1) is 8.33. The Balaban J connectivity index is 2.14.